The van der Waals surface area contributed by atoms with Crippen molar-refractivity contribution in [3.05, 3.63) is 34.4 Å². The molecule has 1 aliphatic rings. The molecule has 1 unspecified atom stereocenters. The molecule has 0 saturated carbocycles. The standard InChI is InChI=1S/C27H43N5O3/c1-9-12-23(30-16-18(4)28-19(5)17-30)24-29-22-15-20(13-14-21(22)25(33)32(24)11-3)31(10-2)26(34)35-27(6,7)8/h13-15,18-19,23,28H,9-12,16-17H2,1-8H3/t18-,19+,23?. The molecule has 2 heterocycles. The molecular formula is C27H43N5O3. The summed E-state index contributed by atoms with van der Waals surface area (Å²) in [4.78, 5) is 35.5. The number of carbonyl (C=O) groups excluding carboxylic acids is 1. The number of hydrogen-bond donors (Lipinski definition) is 1. The molecule has 8 heteroatoms. The predicted molar refractivity (Wildman–Crippen MR) is 142 cm³/mol. The Labute approximate surface area is 209 Å². The maximum absolute atomic E-state index is 13.6. The van der Waals surface area contributed by atoms with Crippen molar-refractivity contribution >= 4 is 22.7 Å². The van der Waals surface area contributed by atoms with E-state index in [1.807, 2.05) is 51.3 Å². The summed E-state index contributed by atoms with van der Waals surface area (Å²) in [5.74, 6) is 0.811. The van der Waals surface area contributed by atoms with Gasteiger partial charge in [-0.25, -0.2) is 9.78 Å². The Morgan fingerprint density at radius 1 is 1.20 bits per heavy atom. The molecule has 1 saturated heterocycles. The fourth-order valence-corrected chi connectivity index (χ4v) is 5.06. The Morgan fingerprint density at radius 3 is 2.40 bits per heavy atom. The van der Waals surface area contributed by atoms with Gasteiger partial charge in [0.2, 0.25) is 0 Å². The van der Waals surface area contributed by atoms with Crippen LogP contribution < -0.4 is 15.8 Å². The van der Waals surface area contributed by atoms with E-state index in [2.05, 4.69) is 31.0 Å². The molecule has 3 rings (SSSR count). The highest BCUT2D eigenvalue weighted by Crippen LogP contribution is 2.28. The number of rotatable bonds is 7. The summed E-state index contributed by atoms with van der Waals surface area (Å²) in [7, 11) is 0. The van der Waals surface area contributed by atoms with Gasteiger partial charge in [-0.2, -0.15) is 0 Å². The lowest BCUT2D eigenvalue weighted by Crippen LogP contribution is -2.55. The minimum Gasteiger partial charge on any atom is -0.443 e. The van der Waals surface area contributed by atoms with E-state index in [9.17, 15) is 9.59 Å². The summed E-state index contributed by atoms with van der Waals surface area (Å²) in [6, 6.07) is 6.24. The van der Waals surface area contributed by atoms with Gasteiger partial charge in [0, 0.05) is 44.0 Å². The Kier molecular flexibility index (Phi) is 8.59. The fraction of sp³-hybridized carbons (Fsp3) is 0.667. The summed E-state index contributed by atoms with van der Waals surface area (Å²) in [5.41, 5.74) is 0.674. The molecule has 0 spiro atoms. The van der Waals surface area contributed by atoms with Crippen LogP contribution in [0.2, 0.25) is 0 Å². The van der Waals surface area contributed by atoms with Crippen LogP contribution in [-0.4, -0.2) is 57.9 Å². The number of nitrogens with one attached hydrogen (secondary N) is 1. The van der Waals surface area contributed by atoms with Crippen molar-refractivity contribution in [2.24, 2.45) is 0 Å². The summed E-state index contributed by atoms with van der Waals surface area (Å²) >= 11 is 0. The van der Waals surface area contributed by atoms with Crippen molar-refractivity contribution in [3.8, 4) is 0 Å². The van der Waals surface area contributed by atoms with Crippen LogP contribution in [0.3, 0.4) is 0 Å². The lowest BCUT2D eigenvalue weighted by Gasteiger charge is -2.41. The molecule has 1 amide bonds. The number of fused-ring (bicyclic) bond motifs is 1. The molecule has 1 aromatic carbocycles. The number of aromatic nitrogens is 2. The van der Waals surface area contributed by atoms with Gasteiger partial charge >= 0.3 is 6.09 Å². The van der Waals surface area contributed by atoms with Crippen LogP contribution >= 0.6 is 0 Å². The maximum Gasteiger partial charge on any atom is 0.414 e. The van der Waals surface area contributed by atoms with Crippen LogP contribution in [0.5, 0.6) is 0 Å². The number of ether oxygens (including phenoxy) is 1. The first-order valence-electron chi connectivity index (χ1n) is 13.0. The Balaban J connectivity index is 2.11. The molecule has 1 fully saturated rings. The maximum atomic E-state index is 13.6. The van der Waals surface area contributed by atoms with Crippen molar-refractivity contribution < 1.29 is 9.53 Å². The monoisotopic (exact) mass is 485 g/mol. The van der Waals surface area contributed by atoms with Crippen molar-refractivity contribution in [2.75, 3.05) is 24.5 Å². The minimum atomic E-state index is -0.591. The van der Waals surface area contributed by atoms with Gasteiger partial charge in [0.1, 0.15) is 11.4 Å². The van der Waals surface area contributed by atoms with E-state index >= 15 is 0 Å². The van der Waals surface area contributed by atoms with Crippen LogP contribution in [0, 0.1) is 0 Å². The molecule has 8 nitrogen and oxygen atoms in total. The second-order valence-electron chi connectivity index (χ2n) is 10.7. The molecule has 0 bridgehead atoms. The van der Waals surface area contributed by atoms with Crippen LogP contribution in [0.1, 0.15) is 80.1 Å². The molecule has 1 aromatic heterocycles. The molecule has 35 heavy (non-hydrogen) atoms. The summed E-state index contributed by atoms with van der Waals surface area (Å²) in [6.45, 7) is 18.9. The van der Waals surface area contributed by atoms with E-state index in [0.29, 0.717) is 41.8 Å². The fourth-order valence-electron chi connectivity index (χ4n) is 5.06. The topological polar surface area (TPSA) is 79.7 Å². The third kappa shape index (κ3) is 6.22. The van der Waals surface area contributed by atoms with Crippen LogP contribution in [0.4, 0.5) is 10.5 Å². The second-order valence-corrected chi connectivity index (χ2v) is 10.7. The smallest absolute Gasteiger partial charge is 0.414 e. The van der Waals surface area contributed by atoms with Crippen LogP contribution in [0.15, 0.2) is 23.0 Å². The summed E-state index contributed by atoms with van der Waals surface area (Å²) in [6.07, 6.45) is 1.52. The minimum absolute atomic E-state index is 0.0308. The number of anilines is 1. The second kappa shape index (κ2) is 11.1. The molecule has 1 aliphatic heterocycles. The predicted octanol–water partition coefficient (Wildman–Crippen LogP) is 4.70. The van der Waals surface area contributed by atoms with E-state index < -0.39 is 11.7 Å². The van der Waals surface area contributed by atoms with Gasteiger partial charge in [-0.3, -0.25) is 19.2 Å². The Morgan fingerprint density at radius 2 is 1.86 bits per heavy atom. The third-order valence-electron chi connectivity index (χ3n) is 6.41. The molecule has 0 aliphatic carbocycles. The van der Waals surface area contributed by atoms with E-state index in [0.717, 1.165) is 31.8 Å². The van der Waals surface area contributed by atoms with Crippen molar-refractivity contribution in [1.82, 2.24) is 19.8 Å². The van der Waals surface area contributed by atoms with E-state index in [1.165, 1.54) is 0 Å². The zero-order valence-corrected chi connectivity index (χ0v) is 22.7. The highest BCUT2D eigenvalue weighted by molar-refractivity contribution is 5.91. The summed E-state index contributed by atoms with van der Waals surface area (Å²) < 4.78 is 7.42. The van der Waals surface area contributed by atoms with E-state index in [-0.39, 0.29) is 11.6 Å². The zero-order chi connectivity index (χ0) is 25.9. The van der Waals surface area contributed by atoms with Gasteiger partial charge in [0.25, 0.3) is 5.56 Å². The zero-order valence-electron chi connectivity index (χ0n) is 22.7. The third-order valence-corrected chi connectivity index (χ3v) is 6.41. The van der Waals surface area contributed by atoms with E-state index in [4.69, 9.17) is 9.72 Å². The first-order valence-corrected chi connectivity index (χ1v) is 13.0. The van der Waals surface area contributed by atoms with Crippen molar-refractivity contribution in [2.45, 2.75) is 98.5 Å². The first kappa shape index (κ1) is 27.1. The van der Waals surface area contributed by atoms with Gasteiger partial charge in [0.15, 0.2) is 0 Å². The van der Waals surface area contributed by atoms with Gasteiger partial charge in [-0.05, 0) is 73.1 Å². The normalized spacial score (nSPS) is 20.1. The van der Waals surface area contributed by atoms with Gasteiger partial charge < -0.3 is 10.1 Å². The molecule has 1 N–H and O–H groups in total. The molecule has 3 atom stereocenters. The van der Waals surface area contributed by atoms with Gasteiger partial charge in [-0.1, -0.05) is 13.3 Å². The van der Waals surface area contributed by atoms with Crippen LogP contribution in [0.25, 0.3) is 10.9 Å². The SMILES string of the molecule is CCCC(c1nc2cc(N(CC)C(=O)OC(C)(C)C)ccc2c(=O)n1CC)N1C[C@@H](C)N[C@@H](C)C1. The quantitative estimate of drug-likeness (QED) is 0.612. The Bertz CT molecular complexity index is 1080. The lowest BCUT2D eigenvalue weighted by atomic mass is 10.0. The average Bonchev–Trinajstić information content (AvgIpc) is 2.76. The van der Waals surface area contributed by atoms with Crippen molar-refractivity contribution in [3.63, 3.8) is 0 Å². The van der Waals surface area contributed by atoms with Gasteiger partial charge in [0.05, 0.1) is 16.9 Å². The molecular weight excluding hydrogens is 442 g/mol. The number of amides is 1. The number of carbonyl (C=O) groups is 1. The summed E-state index contributed by atoms with van der Waals surface area (Å²) in [5, 5.41) is 4.17. The number of benzene rings is 1. The van der Waals surface area contributed by atoms with E-state index in [1.54, 1.807) is 11.0 Å². The lowest BCUT2D eigenvalue weighted by molar-refractivity contribution is 0.0582. The average molecular weight is 486 g/mol. The molecule has 0 radical (unpaired) electrons. The number of nitrogens with zero attached hydrogens (tertiary/aromatic N) is 4. The number of hydrogen-bond acceptors (Lipinski definition) is 6. The highest BCUT2D eigenvalue weighted by atomic mass is 16.6. The number of piperazine rings is 1. The highest BCUT2D eigenvalue weighted by Gasteiger charge is 2.31. The Hall–Kier alpha value is -2.45. The first-order chi connectivity index (χ1) is 16.5. The van der Waals surface area contributed by atoms with Gasteiger partial charge in [-0.15, -0.1) is 0 Å². The molecule has 2 aromatic rings. The van der Waals surface area contributed by atoms with Crippen molar-refractivity contribution in [1.29, 1.82) is 0 Å². The van der Waals surface area contributed by atoms with Crippen LogP contribution in [-0.2, 0) is 11.3 Å². The largest absolute Gasteiger partial charge is 0.443 e. The molecule has 194 valence electrons.